The lowest BCUT2D eigenvalue weighted by Crippen LogP contribution is -2.24. The van der Waals surface area contributed by atoms with Gasteiger partial charge in [-0.05, 0) is 23.8 Å². The molecule has 128 valence electrons. The van der Waals surface area contributed by atoms with Gasteiger partial charge in [0.1, 0.15) is 11.5 Å². The number of para-hydroxylation sites is 1. The minimum absolute atomic E-state index is 0.0423. The fourth-order valence-corrected chi connectivity index (χ4v) is 3.27. The Bertz CT molecular complexity index is 863. The van der Waals surface area contributed by atoms with E-state index in [0.717, 1.165) is 23.4 Å². The maximum Gasteiger partial charge on any atom is 0.124 e. The first-order valence-electron chi connectivity index (χ1n) is 8.21. The number of hydrogen-bond donors (Lipinski definition) is 3. The van der Waals surface area contributed by atoms with Crippen LogP contribution in [-0.4, -0.2) is 28.5 Å². The molecule has 0 spiro atoms. The Morgan fingerprint density at radius 1 is 1.20 bits per heavy atom. The first-order chi connectivity index (χ1) is 12.3. The van der Waals surface area contributed by atoms with E-state index < -0.39 is 0 Å². The molecule has 1 aliphatic rings. The van der Waals surface area contributed by atoms with Gasteiger partial charge in [-0.15, -0.1) is 0 Å². The molecular formula is C19H20N4O2. The standard InChI is InChI=1S/C19H20N4O2/c1-25-15-7-8-16(18(24)9-15)19-17(11-20-22-19)13-10-21-23(12-13)14-5-3-2-4-6-14/h2-10,12,17,19-20,22,24H,11H2,1H3. The van der Waals surface area contributed by atoms with Crippen molar-refractivity contribution in [3.05, 3.63) is 72.1 Å². The fourth-order valence-electron chi connectivity index (χ4n) is 3.27. The van der Waals surface area contributed by atoms with Gasteiger partial charge in [-0.25, -0.2) is 10.1 Å². The van der Waals surface area contributed by atoms with Gasteiger partial charge in [0.15, 0.2) is 0 Å². The van der Waals surface area contributed by atoms with Crippen molar-refractivity contribution in [2.75, 3.05) is 13.7 Å². The number of nitrogens with one attached hydrogen (secondary N) is 2. The molecular weight excluding hydrogens is 316 g/mol. The predicted octanol–water partition coefficient (Wildman–Crippen LogP) is 2.52. The number of hydrogen-bond acceptors (Lipinski definition) is 5. The van der Waals surface area contributed by atoms with E-state index in [1.165, 1.54) is 0 Å². The molecule has 2 heterocycles. The average molecular weight is 336 g/mol. The molecule has 3 N–H and O–H groups in total. The molecule has 4 rings (SSSR count). The molecule has 3 aromatic rings. The quantitative estimate of drug-likeness (QED) is 0.683. The predicted molar refractivity (Wildman–Crippen MR) is 94.8 cm³/mol. The molecule has 0 amide bonds. The van der Waals surface area contributed by atoms with Crippen LogP contribution in [0, 0.1) is 0 Å². The van der Waals surface area contributed by atoms with Crippen LogP contribution in [0.2, 0.25) is 0 Å². The summed E-state index contributed by atoms with van der Waals surface area (Å²) < 4.78 is 7.04. The summed E-state index contributed by atoms with van der Waals surface area (Å²) in [6.07, 6.45) is 3.93. The molecule has 1 saturated heterocycles. The zero-order chi connectivity index (χ0) is 17.2. The topological polar surface area (TPSA) is 71.3 Å². The first kappa shape index (κ1) is 15.7. The highest BCUT2D eigenvalue weighted by Gasteiger charge is 2.32. The number of rotatable bonds is 4. The Balaban J connectivity index is 1.63. The molecule has 1 aromatic heterocycles. The molecule has 1 fully saturated rings. The van der Waals surface area contributed by atoms with Crippen molar-refractivity contribution in [3.63, 3.8) is 0 Å². The second-order valence-electron chi connectivity index (χ2n) is 6.09. The summed E-state index contributed by atoms with van der Waals surface area (Å²) in [6, 6.07) is 15.4. The van der Waals surface area contributed by atoms with E-state index in [1.807, 2.05) is 59.5 Å². The van der Waals surface area contributed by atoms with E-state index in [1.54, 1.807) is 13.2 Å². The van der Waals surface area contributed by atoms with Crippen molar-refractivity contribution in [1.82, 2.24) is 20.6 Å². The summed E-state index contributed by atoms with van der Waals surface area (Å²) in [6.45, 7) is 0.761. The van der Waals surface area contributed by atoms with Crippen LogP contribution < -0.4 is 15.6 Å². The minimum Gasteiger partial charge on any atom is -0.507 e. The van der Waals surface area contributed by atoms with Crippen LogP contribution in [0.1, 0.15) is 23.1 Å². The van der Waals surface area contributed by atoms with E-state index >= 15 is 0 Å². The lowest BCUT2D eigenvalue weighted by molar-refractivity contribution is 0.403. The van der Waals surface area contributed by atoms with Gasteiger partial charge in [0.05, 0.1) is 25.0 Å². The highest BCUT2D eigenvalue weighted by molar-refractivity contribution is 5.43. The molecule has 0 aliphatic carbocycles. The van der Waals surface area contributed by atoms with Crippen LogP contribution in [0.25, 0.3) is 5.69 Å². The van der Waals surface area contributed by atoms with E-state index in [-0.39, 0.29) is 17.7 Å². The Morgan fingerprint density at radius 2 is 2.04 bits per heavy atom. The molecule has 2 aromatic carbocycles. The molecule has 25 heavy (non-hydrogen) atoms. The van der Waals surface area contributed by atoms with Crippen molar-refractivity contribution in [2.24, 2.45) is 0 Å². The van der Waals surface area contributed by atoms with Crippen LogP contribution in [0.15, 0.2) is 60.9 Å². The summed E-state index contributed by atoms with van der Waals surface area (Å²) in [5.41, 5.74) is 9.43. The maximum atomic E-state index is 10.4. The Kier molecular flexibility index (Phi) is 4.13. The number of nitrogens with zero attached hydrogens (tertiary/aromatic N) is 2. The highest BCUT2D eigenvalue weighted by atomic mass is 16.5. The van der Waals surface area contributed by atoms with Gasteiger partial charge in [-0.1, -0.05) is 24.3 Å². The van der Waals surface area contributed by atoms with Crippen molar-refractivity contribution in [1.29, 1.82) is 0 Å². The molecule has 0 bridgehead atoms. The van der Waals surface area contributed by atoms with Gasteiger partial charge in [0.25, 0.3) is 0 Å². The van der Waals surface area contributed by atoms with E-state index in [0.29, 0.717) is 5.75 Å². The van der Waals surface area contributed by atoms with Gasteiger partial charge < -0.3 is 9.84 Å². The largest absolute Gasteiger partial charge is 0.507 e. The third-order valence-corrected chi connectivity index (χ3v) is 4.61. The summed E-state index contributed by atoms with van der Waals surface area (Å²) in [5.74, 6) is 1.03. The minimum atomic E-state index is -0.0423. The number of phenols is 1. The van der Waals surface area contributed by atoms with Gasteiger partial charge in [0, 0.05) is 30.3 Å². The third kappa shape index (κ3) is 2.97. The van der Waals surface area contributed by atoms with Gasteiger partial charge >= 0.3 is 0 Å². The lowest BCUT2D eigenvalue weighted by atomic mass is 9.90. The molecule has 2 unspecified atom stereocenters. The number of aromatic hydroxyl groups is 1. The molecule has 6 heteroatoms. The van der Waals surface area contributed by atoms with Crippen molar-refractivity contribution in [2.45, 2.75) is 12.0 Å². The van der Waals surface area contributed by atoms with Crippen LogP contribution >= 0.6 is 0 Å². The smallest absolute Gasteiger partial charge is 0.124 e. The van der Waals surface area contributed by atoms with Crippen LogP contribution in [0.5, 0.6) is 11.5 Å². The number of ether oxygens (including phenoxy) is 1. The second kappa shape index (κ2) is 6.58. The van der Waals surface area contributed by atoms with Crippen molar-refractivity contribution in [3.8, 4) is 17.2 Å². The van der Waals surface area contributed by atoms with Gasteiger partial charge in [0.2, 0.25) is 0 Å². The zero-order valence-electron chi connectivity index (χ0n) is 13.9. The molecule has 0 saturated carbocycles. The monoisotopic (exact) mass is 336 g/mol. The summed E-state index contributed by atoms with van der Waals surface area (Å²) in [4.78, 5) is 0. The number of hydrazine groups is 1. The summed E-state index contributed by atoms with van der Waals surface area (Å²) >= 11 is 0. The number of phenolic OH excluding ortho intramolecular Hbond substituents is 1. The lowest BCUT2D eigenvalue weighted by Gasteiger charge is -2.19. The summed E-state index contributed by atoms with van der Waals surface area (Å²) in [5, 5.41) is 14.8. The number of benzene rings is 2. The molecule has 2 atom stereocenters. The van der Waals surface area contributed by atoms with Crippen molar-refractivity contribution < 1.29 is 9.84 Å². The Labute approximate surface area is 146 Å². The Hall–Kier alpha value is -2.83. The van der Waals surface area contributed by atoms with Crippen LogP contribution in [0.3, 0.4) is 0 Å². The Morgan fingerprint density at radius 3 is 2.80 bits per heavy atom. The van der Waals surface area contributed by atoms with Crippen LogP contribution in [-0.2, 0) is 0 Å². The van der Waals surface area contributed by atoms with Crippen LogP contribution in [0.4, 0.5) is 0 Å². The maximum absolute atomic E-state index is 10.4. The van der Waals surface area contributed by atoms with Gasteiger partial charge in [-0.3, -0.25) is 5.43 Å². The average Bonchev–Trinajstić information content (AvgIpc) is 3.31. The first-order valence-corrected chi connectivity index (χ1v) is 8.21. The molecule has 0 radical (unpaired) electrons. The summed E-state index contributed by atoms with van der Waals surface area (Å²) in [7, 11) is 1.59. The zero-order valence-corrected chi connectivity index (χ0v) is 13.9. The normalized spacial score (nSPS) is 19.9. The van der Waals surface area contributed by atoms with E-state index in [4.69, 9.17) is 4.74 Å². The van der Waals surface area contributed by atoms with E-state index in [9.17, 15) is 5.11 Å². The highest BCUT2D eigenvalue weighted by Crippen LogP contribution is 2.38. The number of methoxy groups -OCH3 is 1. The second-order valence-corrected chi connectivity index (χ2v) is 6.09. The third-order valence-electron chi connectivity index (χ3n) is 4.61. The molecule has 1 aliphatic heterocycles. The SMILES string of the molecule is COc1ccc(C2NNCC2c2cnn(-c3ccccc3)c2)c(O)c1. The van der Waals surface area contributed by atoms with Gasteiger partial charge in [-0.2, -0.15) is 5.10 Å². The number of aromatic nitrogens is 2. The fraction of sp³-hybridized carbons (Fsp3) is 0.211. The van der Waals surface area contributed by atoms with E-state index in [2.05, 4.69) is 16.0 Å². The molecule has 6 nitrogen and oxygen atoms in total. The van der Waals surface area contributed by atoms with Crippen molar-refractivity contribution >= 4 is 0 Å².